The summed E-state index contributed by atoms with van der Waals surface area (Å²) in [6.45, 7) is 2.32. The number of nitrogens with zero attached hydrogens (tertiary/aromatic N) is 3. The predicted octanol–water partition coefficient (Wildman–Crippen LogP) is 2.33. The van der Waals surface area contributed by atoms with E-state index in [1.54, 1.807) is 16.8 Å². The fourth-order valence-electron chi connectivity index (χ4n) is 3.38. The summed E-state index contributed by atoms with van der Waals surface area (Å²) < 4.78 is 26.3. The summed E-state index contributed by atoms with van der Waals surface area (Å²) in [6, 6.07) is 14.2. The van der Waals surface area contributed by atoms with Crippen molar-refractivity contribution in [3.63, 3.8) is 0 Å². The van der Waals surface area contributed by atoms with E-state index in [-0.39, 0.29) is 18.0 Å². The maximum Gasteiger partial charge on any atom is 0.123 e. The van der Waals surface area contributed by atoms with E-state index in [1.807, 2.05) is 30.5 Å². The number of piperidine rings is 1. The average Bonchev–Trinajstić information content (AvgIpc) is 3.35. The van der Waals surface area contributed by atoms with Crippen LogP contribution in [0.5, 0.6) is 0 Å². The number of rotatable bonds is 5. The third-order valence-corrected chi connectivity index (χ3v) is 4.98. The molecule has 0 aliphatic carbocycles. The number of ether oxygens (including phenoxy) is 2. The van der Waals surface area contributed by atoms with Gasteiger partial charge >= 0.3 is 0 Å². The maximum atomic E-state index is 13.1. The monoisotopic (exact) mass is 366 g/mol. The molecular weight excluding hydrogens is 347 g/mol. The van der Waals surface area contributed by atoms with Gasteiger partial charge in [0, 0.05) is 18.7 Å². The van der Waals surface area contributed by atoms with Gasteiger partial charge in [0.2, 0.25) is 0 Å². The van der Waals surface area contributed by atoms with Crippen LogP contribution in [-0.2, 0) is 16.1 Å². The minimum Gasteiger partial charge on any atom is -0.369 e. The smallest absolute Gasteiger partial charge is 0.123 e. The molecule has 5 rings (SSSR count). The molecule has 6 nitrogen and oxygen atoms in total. The minimum atomic E-state index is -0.267. The van der Waals surface area contributed by atoms with Crippen molar-refractivity contribution in [1.82, 2.24) is 20.3 Å². The van der Waals surface area contributed by atoms with Crippen LogP contribution in [0, 0.1) is 5.82 Å². The average molecular weight is 366 g/mol. The predicted molar refractivity (Wildman–Crippen MR) is 96.9 cm³/mol. The summed E-state index contributed by atoms with van der Waals surface area (Å²) in [4.78, 5) is 0. The fraction of sp³-hybridized carbons (Fsp3) is 0.300. The van der Waals surface area contributed by atoms with Crippen LogP contribution >= 0.6 is 0 Å². The Morgan fingerprint density at radius 3 is 2.74 bits per heavy atom. The Bertz CT molecular complexity index is 926. The third-order valence-electron chi connectivity index (χ3n) is 4.98. The molecule has 138 valence electrons. The Morgan fingerprint density at radius 2 is 1.93 bits per heavy atom. The zero-order valence-corrected chi connectivity index (χ0v) is 14.6. The summed E-state index contributed by atoms with van der Waals surface area (Å²) in [7, 11) is 0. The van der Waals surface area contributed by atoms with Crippen LogP contribution < -0.4 is 5.32 Å². The molecule has 3 atom stereocenters. The van der Waals surface area contributed by atoms with Crippen LogP contribution in [0.2, 0.25) is 0 Å². The van der Waals surface area contributed by atoms with Gasteiger partial charge in [-0.1, -0.05) is 17.3 Å². The first-order valence-electron chi connectivity index (χ1n) is 9.02. The summed E-state index contributed by atoms with van der Waals surface area (Å²) in [5, 5.41) is 11.7. The molecule has 2 aliphatic rings. The number of aromatic nitrogens is 3. The van der Waals surface area contributed by atoms with E-state index in [9.17, 15) is 4.39 Å². The number of hydrogen-bond donors (Lipinski definition) is 1. The van der Waals surface area contributed by atoms with E-state index >= 15 is 0 Å². The molecule has 0 radical (unpaired) electrons. The lowest BCUT2D eigenvalue weighted by Gasteiger charge is -2.20. The Balaban J connectivity index is 1.24. The Morgan fingerprint density at radius 1 is 1.11 bits per heavy atom. The molecule has 1 aromatic heterocycles. The lowest BCUT2D eigenvalue weighted by molar-refractivity contribution is 0.0211. The Labute approximate surface area is 155 Å². The van der Waals surface area contributed by atoms with Gasteiger partial charge in [-0.25, -0.2) is 9.07 Å². The number of fused-ring (bicyclic) bond motifs is 1. The van der Waals surface area contributed by atoms with Crippen molar-refractivity contribution in [2.24, 2.45) is 0 Å². The van der Waals surface area contributed by atoms with Gasteiger partial charge in [-0.2, -0.15) is 0 Å². The molecule has 0 amide bonds. The lowest BCUT2D eigenvalue weighted by Crippen LogP contribution is -2.41. The highest BCUT2D eigenvalue weighted by molar-refractivity contribution is 5.58. The number of hydrogen-bond acceptors (Lipinski definition) is 5. The number of epoxide rings is 1. The van der Waals surface area contributed by atoms with E-state index in [4.69, 9.17) is 9.47 Å². The second-order valence-electron chi connectivity index (χ2n) is 6.87. The van der Waals surface area contributed by atoms with E-state index in [2.05, 4.69) is 15.6 Å². The van der Waals surface area contributed by atoms with E-state index < -0.39 is 0 Å². The molecule has 2 saturated heterocycles. The largest absolute Gasteiger partial charge is 0.369 e. The minimum absolute atomic E-state index is 0.122. The maximum absolute atomic E-state index is 13.1. The van der Waals surface area contributed by atoms with Gasteiger partial charge in [-0.15, -0.1) is 5.10 Å². The lowest BCUT2D eigenvalue weighted by atomic mass is 10.1. The van der Waals surface area contributed by atoms with Crippen molar-refractivity contribution in [2.75, 3.05) is 13.1 Å². The highest BCUT2D eigenvalue weighted by Gasteiger charge is 2.48. The van der Waals surface area contributed by atoms with Crippen molar-refractivity contribution >= 4 is 0 Å². The van der Waals surface area contributed by atoms with Crippen molar-refractivity contribution in [1.29, 1.82) is 0 Å². The summed E-state index contributed by atoms with van der Waals surface area (Å²) in [5.74, 6) is -0.267. The van der Waals surface area contributed by atoms with Gasteiger partial charge in [-0.3, -0.25) is 0 Å². The molecular formula is C20H19FN4O2. The van der Waals surface area contributed by atoms with Gasteiger partial charge in [-0.05, 0) is 42.0 Å². The number of halogens is 1. The summed E-state index contributed by atoms with van der Waals surface area (Å²) in [6.07, 6.45) is 2.54. The molecule has 2 aliphatic heterocycles. The molecule has 0 unspecified atom stereocenters. The number of nitrogens with one attached hydrogen (secondary N) is 1. The Hall–Kier alpha value is -2.61. The summed E-state index contributed by atoms with van der Waals surface area (Å²) >= 11 is 0. The second-order valence-corrected chi connectivity index (χ2v) is 6.87. The van der Waals surface area contributed by atoms with Gasteiger partial charge in [0.25, 0.3) is 0 Å². The highest BCUT2D eigenvalue weighted by Crippen LogP contribution is 2.29. The zero-order valence-electron chi connectivity index (χ0n) is 14.6. The molecule has 3 aromatic rings. The molecule has 7 heteroatoms. The molecule has 0 bridgehead atoms. The first-order valence-corrected chi connectivity index (χ1v) is 9.02. The molecule has 2 aromatic carbocycles. The van der Waals surface area contributed by atoms with Crippen LogP contribution in [-0.4, -0.2) is 46.4 Å². The molecule has 3 heterocycles. The van der Waals surface area contributed by atoms with Gasteiger partial charge in [0.15, 0.2) is 0 Å². The second kappa shape index (κ2) is 6.84. The number of benzene rings is 2. The van der Waals surface area contributed by atoms with Crippen LogP contribution in [0.4, 0.5) is 4.39 Å². The fourth-order valence-corrected chi connectivity index (χ4v) is 3.38. The zero-order chi connectivity index (χ0) is 18.2. The van der Waals surface area contributed by atoms with Gasteiger partial charge in [0.1, 0.15) is 17.6 Å². The molecule has 27 heavy (non-hydrogen) atoms. The van der Waals surface area contributed by atoms with Crippen molar-refractivity contribution < 1.29 is 13.9 Å². The van der Waals surface area contributed by atoms with Crippen molar-refractivity contribution in [2.45, 2.75) is 24.9 Å². The normalized spacial score (nSPS) is 23.8. The molecule has 0 saturated carbocycles. The topological polar surface area (TPSA) is 64.5 Å². The van der Waals surface area contributed by atoms with Crippen molar-refractivity contribution in [3.05, 3.63) is 66.1 Å². The van der Waals surface area contributed by atoms with E-state index in [0.717, 1.165) is 29.9 Å². The first kappa shape index (κ1) is 16.6. The Kier molecular flexibility index (Phi) is 4.20. The summed E-state index contributed by atoms with van der Waals surface area (Å²) in [5.41, 5.74) is 3.53. The van der Waals surface area contributed by atoms with E-state index in [1.165, 1.54) is 12.1 Å². The van der Waals surface area contributed by atoms with Crippen molar-refractivity contribution in [3.8, 4) is 16.9 Å². The quantitative estimate of drug-likeness (QED) is 0.702. The first-order chi connectivity index (χ1) is 13.3. The molecule has 0 spiro atoms. The SMILES string of the molecule is Fc1ccc(-c2cn(-c3ccc(CO[C@@H]4CNC[C@H]5O[C@@H]45)cc3)nn2)cc1. The van der Waals surface area contributed by atoms with Gasteiger partial charge < -0.3 is 14.8 Å². The van der Waals surface area contributed by atoms with Crippen LogP contribution in [0.25, 0.3) is 16.9 Å². The van der Waals surface area contributed by atoms with Crippen LogP contribution in [0.1, 0.15) is 5.56 Å². The molecule has 1 N–H and O–H groups in total. The van der Waals surface area contributed by atoms with Crippen LogP contribution in [0.15, 0.2) is 54.7 Å². The van der Waals surface area contributed by atoms with E-state index in [0.29, 0.717) is 18.4 Å². The van der Waals surface area contributed by atoms with Crippen LogP contribution in [0.3, 0.4) is 0 Å². The highest BCUT2D eigenvalue weighted by atomic mass is 19.1. The standard InChI is InChI=1S/C20H19FN4O2/c21-15-5-3-14(4-6-15)17-11-25(24-23-17)16-7-1-13(2-8-16)12-26-18-9-22-10-19-20(18)27-19/h1-8,11,18-20,22H,9-10,12H2/t18-,19-,20+/m1/s1. The molecule has 2 fully saturated rings. The third kappa shape index (κ3) is 3.49. The van der Waals surface area contributed by atoms with Gasteiger partial charge in [0.05, 0.1) is 30.7 Å².